The van der Waals surface area contributed by atoms with Gasteiger partial charge in [-0.15, -0.1) is 0 Å². The number of halogens is 1. The first kappa shape index (κ1) is 17.4. The summed E-state index contributed by atoms with van der Waals surface area (Å²) >= 11 is 3.31. The molecule has 114 valence electrons. The number of sulfonamides is 1. The van der Waals surface area contributed by atoms with E-state index < -0.39 is 10.0 Å². The van der Waals surface area contributed by atoms with Gasteiger partial charge in [-0.3, -0.25) is 0 Å². The molecule has 0 spiro atoms. The summed E-state index contributed by atoms with van der Waals surface area (Å²) in [6.45, 7) is 1.34. The number of ether oxygens (including phenoxy) is 1. The molecule has 5 nitrogen and oxygen atoms in total. The second-order valence-electron chi connectivity index (χ2n) is 4.78. The summed E-state index contributed by atoms with van der Waals surface area (Å²) in [6, 6.07) is 4.77. The maximum absolute atomic E-state index is 12.4. The summed E-state index contributed by atoms with van der Waals surface area (Å²) in [7, 11) is 3.62. The predicted octanol–water partition coefficient (Wildman–Crippen LogP) is 2.03. The first-order chi connectivity index (χ1) is 9.28. The number of hydrogen-bond donors (Lipinski definition) is 0. The monoisotopic (exact) mass is 364 g/mol. The van der Waals surface area contributed by atoms with Crippen LogP contribution in [0.5, 0.6) is 5.75 Å². The van der Waals surface area contributed by atoms with E-state index in [4.69, 9.17) is 4.74 Å². The molecule has 0 aliphatic heterocycles. The van der Waals surface area contributed by atoms with Crippen LogP contribution in [0.25, 0.3) is 0 Å². The number of rotatable bonds is 7. The summed E-state index contributed by atoms with van der Waals surface area (Å²) < 4.78 is 31.9. The first-order valence-electron chi connectivity index (χ1n) is 6.23. The van der Waals surface area contributed by atoms with Gasteiger partial charge < -0.3 is 9.64 Å². The van der Waals surface area contributed by atoms with E-state index in [0.29, 0.717) is 16.8 Å². The van der Waals surface area contributed by atoms with Crippen LogP contribution in [-0.4, -0.2) is 59.0 Å². The normalized spacial score (nSPS) is 12.2. The van der Waals surface area contributed by atoms with Gasteiger partial charge in [0.2, 0.25) is 10.0 Å². The lowest BCUT2D eigenvalue weighted by atomic mass is 10.3. The van der Waals surface area contributed by atoms with Crippen LogP contribution in [0.2, 0.25) is 0 Å². The summed E-state index contributed by atoms with van der Waals surface area (Å²) in [4.78, 5) is 2.29. The Labute approximate surface area is 129 Å². The van der Waals surface area contributed by atoms with Gasteiger partial charge in [-0.1, -0.05) is 0 Å². The Hall–Kier alpha value is -0.630. The third-order valence-electron chi connectivity index (χ3n) is 2.91. The lowest BCUT2D eigenvalue weighted by Crippen LogP contribution is -2.29. The summed E-state index contributed by atoms with van der Waals surface area (Å²) in [5.74, 6) is 0.610. The van der Waals surface area contributed by atoms with Crippen LogP contribution in [0, 0.1) is 0 Å². The van der Waals surface area contributed by atoms with E-state index in [0.717, 1.165) is 13.0 Å². The van der Waals surface area contributed by atoms with E-state index in [1.807, 2.05) is 19.0 Å². The third kappa shape index (κ3) is 4.44. The van der Waals surface area contributed by atoms with Gasteiger partial charge in [-0.05, 0) is 61.2 Å². The van der Waals surface area contributed by atoms with Gasteiger partial charge in [0.25, 0.3) is 0 Å². The van der Waals surface area contributed by atoms with Crippen molar-refractivity contribution in [3.8, 4) is 5.75 Å². The molecule has 0 atom stereocenters. The van der Waals surface area contributed by atoms with Crippen LogP contribution < -0.4 is 4.74 Å². The number of hydrogen-bond acceptors (Lipinski definition) is 4. The highest BCUT2D eigenvalue weighted by Gasteiger charge is 2.21. The highest BCUT2D eigenvalue weighted by Crippen LogP contribution is 2.28. The van der Waals surface area contributed by atoms with Gasteiger partial charge in [0.1, 0.15) is 5.75 Å². The van der Waals surface area contributed by atoms with Crippen molar-refractivity contribution >= 4 is 26.0 Å². The minimum Gasteiger partial charge on any atom is -0.496 e. The van der Waals surface area contributed by atoms with E-state index in [9.17, 15) is 8.42 Å². The fourth-order valence-electron chi connectivity index (χ4n) is 1.72. The van der Waals surface area contributed by atoms with Crippen LogP contribution in [0.4, 0.5) is 0 Å². The van der Waals surface area contributed by atoms with Crippen molar-refractivity contribution < 1.29 is 13.2 Å². The molecule has 0 aromatic heterocycles. The van der Waals surface area contributed by atoms with E-state index in [-0.39, 0.29) is 4.90 Å². The molecular formula is C13H21BrN2O3S. The van der Waals surface area contributed by atoms with Crippen molar-refractivity contribution in [3.63, 3.8) is 0 Å². The third-order valence-corrected chi connectivity index (χ3v) is 5.38. The largest absolute Gasteiger partial charge is 0.496 e. The van der Waals surface area contributed by atoms with Gasteiger partial charge in [0.05, 0.1) is 16.5 Å². The zero-order valence-electron chi connectivity index (χ0n) is 12.3. The molecule has 0 saturated carbocycles. The number of benzene rings is 1. The molecule has 0 radical (unpaired) electrons. The molecule has 20 heavy (non-hydrogen) atoms. The van der Waals surface area contributed by atoms with Gasteiger partial charge >= 0.3 is 0 Å². The highest BCUT2D eigenvalue weighted by molar-refractivity contribution is 9.10. The fraction of sp³-hybridized carbons (Fsp3) is 0.538. The predicted molar refractivity (Wildman–Crippen MR) is 83.7 cm³/mol. The molecule has 0 aliphatic carbocycles. The molecule has 0 heterocycles. The van der Waals surface area contributed by atoms with Crippen molar-refractivity contribution in [3.05, 3.63) is 22.7 Å². The molecule has 1 aromatic carbocycles. The Morgan fingerprint density at radius 3 is 2.35 bits per heavy atom. The minimum atomic E-state index is -3.46. The molecule has 1 aromatic rings. The maximum atomic E-state index is 12.4. The van der Waals surface area contributed by atoms with Gasteiger partial charge in [0.15, 0.2) is 0 Å². The fourth-order valence-corrected chi connectivity index (χ4v) is 3.65. The van der Waals surface area contributed by atoms with Crippen LogP contribution >= 0.6 is 15.9 Å². The van der Waals surface area contributed by atoms with E-state index in [1.54, 1.807) is 32.4 Å². The Balaban J connectivity index is 2.84. The number of nitrogens with zero attached hydrogens (tertiary/aromatic N) is 2. The first-order valence-corrected chi connectivity index (χ1v) is 8.47. The molecule has 0 saturated heterocycles. The van der Waals surface area contributed by atoms with Crippen molar-refractivity contribution in [1.29, 1.82) is 0 Å². The molecule has 0 N–H and O–H groups in total. The van der Waals surface area contributed by atoms with Crippen LogP contribution in [0.3, 0.4) is 0 Å². The molecule has 0 bridgehead atoms. The molecule has 1 rings (SSSR count). The summed E-state index contributed by atoms with van der Waals surface area (Å²) in [5, 5.41) is 0. The van der Waals surface area contributed by atoms with Crippen molar-refractivity contribution in [2.45, 2.75) is 11.3 Å². The van der Waals surface area contributed by atoms with Crippen LogP contribution in [0.1, 0.15) is 6.42 Å². The number of methoxy groups -OCH3 is 1. The van der Waals surface area contributed by atoms with E-state index >= 15 is 0 Å². The van der Waals surface area contributed by atoms with Crippen molar-refractivity contribution in [2.24, 2.45) is 0 Å². The van der Waals surface area contributed by atoms with Crippen LogP contribution in [0.15, 0.2) is 27.6 Å². The van der Waals surface area contributed by atoms with Gasteiger partial charge in [-0.2, -0.15) is 0 Å². The molecule has 0 unspecified atom stereocenters. The topological polar surface area (TPSA) is 49.9 Å². The molecule has 0 amide bonds. The Kier molecular flexibility index (Phi) is 6.44. The average Bonchev–Trinajstić information content (AvgIpc) is 2.37. The summed E-state index contributed by atoms with van der Waals surface area (Å²) in [6.07, 6.45) is 0.792. The zero-order chi connectivity index (χ0) is 15.3. The summed E-state index contributed by atoms with van der Waals surface area (Å²) in [5.41, 5.74) is 0. The van der Waals surface area contributed by atoms with Crippen LogP contribution in [-0.2, 0) is 10.0 Å². The smallest absolute Gasteiger partial charge is 0.242 e. The average molecular weight is 365 g/mol. The minimum absolute atomic E-state index is 0.262. The lowest BCUT2D eigenvalue weighted by Gasteiger charge is -2.19. The van der Waals surface area contributed by atoms with Crippen molar-refractivity contribution in [1.82, 2.24) is 9.21 Å². The molecule has 7 heteroatoms. The second-order valence-corrected chi connectivity index (χ2v) is 7.68. The van der Waals surface area contributed by atoms with E-state index in [2.05, 4.69) is 15.9 Å². The Morgan fingerprint density at radius 2 is 1.85 bits per heavy atom. The quantitative estimate of drug-likeness (QED) is 0.742. The maximum Gasteiger partial charge on any atom is 0.242 e. The van der Waals surface area contributed by atoms with Gasteiger partial charge in [0, 0.05) is 13.6 Å². The Morgan fingerprint density at radius 1 is 1.20 bits per heavy atom. The lowest BCUT2D eigenvalue weighted by molar-refractivity contribution is 0.370. The van der Waals surface area contributed by atoms with Crippen molar-refractivity contribution in [2.75, 3.05) is 41.3 Å². The zero-order valence-corrected chi connectivity index (χ0v) is 14.7. The van der Waals surface area contributed by atoms with E-state index in [1.165, 1.54) is 4.31 Å². The molecule has 0 aliphatic rings. The molecule has 0 fully saturated rings. The second kappa shape index (κ2) is 7.40. The SMILES string of the molecule is COc1ccc(S(=O)(=O)N(C)CCCN(C)C)cc1Br. The molecular weight excluding hydrogens is 344 g/mol. The highest BCUT2D eigenvalue weighted by atomic mass is 79.9. The Bertz CT molecular complexity index is 547. The van der Waals surface area contributed by atoms with Gasteiger partial charge in [-0.25, -0.2) is 12.7 Å². The standard InChI is InChI=1S/C13H21BrN2O3S/c1-15(2)8-5-9-16(3)20(17,18)11-6-7-13(19-4)12(14)10-11/h6-7,10H,5,8-9H2,1-4H3.